The highest BCUT2D eigenvalue weighted by Crippen LogP contribution is 2.21. The van der Waals surface area contributed by atoms with Crippen LogP contribution in [-0.4, -0.2) is 42.9 Å². The van der Waals surface area contributed by atoms with Gasteiger partial charge in [0.2, 0.25) is 5.95 Å². The number of ether oxygens (including phenoxy) is 1. The Kier molecular flexibility index (Phi) is 3.60. The summed E-state index contributed by atoms with van der Waals surface area (Å²) in [6.45, 7) is 5.55. The minimum Gasteiger partial charge on any atom is -0.378 e. The van der Waals surface area contributed by atoms with Gasteiger partial charge in [0.1, 0.15) is 0 Å². The standard InChI is InChI=1S/C15H20N4O/c1-12-11-19(15(16-2)17-12)14-5-3-13(4-6-14)18-7-9-20-10-8-18/h3-6,11H,7-10H2,1-2H3,(H,16,17). The van der Waals surface area contributed by atoms with Gasteiger partial charge >= 0.3 is 0 Å². The normalized spacial score (nSPS) is 15.4. The van der Waals surface area contributed by atoms with Gasteiger partial charge in [-0.25, -0.2) is 4.98 Å². The predicted molar refractivity (Wildman–Crippen MR) is 80.9 cm³/mol. The third kappa shape index (κ3) is 2.49. The number of hydrogen-bond acceptors (Lipinski definition) is 4. The topological polar surface area (TPSA) is 42.3 Å². The fourth-order valence-electron chi connectivity index (χ4n) is 2.52. The van der Waals surface area contributed by atoms with Crippen LogP contribution in [0.25, 0.3) is 5.69 Å². The van der Waals surface area contributed by atoms with Crippen molar-refractivity contribution >= 4 is 11.6 Å². The summed E-state index contributed by atoms with van der Waals surface area (Å²) in [7, 11) is 1.89. The molecule has 20 heavy (non-hydrogen) atoms. The largest absolute Gasteiger partial charge is 0.378 e. The zero-order valence-corrected chi connectivity index (χ0v) is 12.0. The molecule has 0 spiro atoms. The minimum absolute atomic E-state index is 0.812. The number of rotatable bonds is 3. The van der Waals surface area contributed by atoms with Crippen LogP contribution in [0.1, 0.15) is 5.69 Å². The summed E-state index contributed by atoms with van der Waals surface area (Å²) in [5.41, 5.74) is 3.37. The quantitative estimate of drug-likeness (QED) is 0.928. The van der Waals surface area contributed by atoms with Crippen LogP contribution >= 0.6 is 0 Å². The zero-order valence-electron chi connectivity index (χ0n) is 12.0. The second-order valence-electron chi connectivity index (χ2n) is 4.94. The highest BCUT2D eigenvalue weighted by atomic mass is 16.5. The van der Waals surface area contributed by atoms with Gasteiger partial charge < -0.3 is 15.0 Å². The van der Waals surface area contributed by atoms with E-state index in [1.165, 1.54) is 5.69 Å². The molecule has 1 aromatic heterocycles. The summed E-state index contributed by atoms with van der Waals surface area (Å²) in [5, 5.41) is 3.12. The van der Waals surface area contributed by atoms with Gasteiger partial charge in [-0.05, 0) is 31.2 Å². The van der Waals surface area contributed by atoms with Crippen molar-refractivity contribution < 1.29 is 4.74 Å². The average molecular weight is 272 g/mol. The van der Waals surface area contributed by atoms with E-state index in [1.807, 2.05) is 20.2 Å². The van der Waals surface area contributed by atoms with Crippen molar-refractivity contribution in [1.82, 2.24) is 9.55 Å². The molecule has 2 aromatic rings. The molecule has 3 rings (SSSR count). The Bertz CT molecular complexity index is 570. The van der Waals surface area contributed by atoms with E-state index < -0.39 is 0 Å². The number of imidazole rings is 1. The van der Waals surface area contributed by atoms with E-state index in [9.17, 15) is 0 Å². The first kappa shape index (κ1) is 13.0. The Morgan fingerprint density at radius 3 is 2.40 bits per heavy atom. The highest BCUT2D eigenvalue weighted by Gasteiger charge is 2.11. The number of anilines is 2. The predicted octanol–water partition coefficient (Wildman–Crippen LogP) is 2.06. The molecule has 0 amide bonds. The fourth-order valence-corrected chi connectivity index (χ4v) is 2.52. The minimum atomic E-state index is 0.812. The second kappa shape index (κ2) is 5.54. The molecule has 1 saturated heterocycles. The molecule has 0 atom stereocenters. The average Bonchev–Trinajstić information content (AvgIpc) is 2.89. The van der Waals surface area contributed by atoms with Crippen molar-refractivity contribution in [2.24, 2.45) is 0 Å². The van der Waals surface area contributed by atoms with Crippen molar-refractivity contribution in [3.8, 4) is 5.69 Å². The van der Waals surface area contributed by atoms with E-state index >= 15 is 0 Å². The lowest BCUT2D eigenvalue weighted by molar-refractivity contribution is 0.122. The molecular weight excluding hydrogens is 252 g/mol. The smallest absolute Gasteiger partial charge is 0.207 e. The van der Waals surface area contributed by atoms with E-state index in [4.69, 9.17) is 4.74 Å². The third-order valence-corrected chi connectivity index (χ3v) is 3.55. The lowest BCUT2D eigenvalue weighted by Gasteiger charge is -2.29. The Hall–Kier alpha value is -2.01. The maximum absolute atomic E-state index is 5.38. The molecule has 0 radical (unpaired) electrons. The summed E-state index contributed by atoms with van der Waals surface area (Å²) >= 11 is 0. The first-order valence-electron chi connectivity index (χ1n) is 6.95. The van der Waals surface area contributed by atoms with Crippen LogP contribution in [0.4, 0.5) is 11.6 Å². The van der Waals surface area contributed by atoms with Gasteiger partial charge in [-0.3, -0.25) is 4.57 Å². The van der Waals surface area contributed by atoms with E-state index in [0.29, 0.717) is 0 Å². The summed E-state index contributed by atoms with van der Waals surface area (Å²) in [5.74, 6) is 0.863. The molecule has 1 aliphatic heterocycles. The second-order valence-corrected chi connectivity index (χ2v) is 4.94. The van der Waals surface area contributed by atoms with E-state index in [1.54, 1.807) is 0 Å². The molecule has 0 bridgehead atoms. The first-order chi connectivity index (χ1) is 9.78. The van der Waals surface area contributed by atoms with Gasteiger partial charge in [-0.15, -0.1) is 0 Å². The fraction of sp³-hybridized carbons (Fsp3) is 0.400. The van der Waals surface area contributed by atoms with Crippen molar-refractivity contribution in [3.05, 3.63) is 36.2 Å². The van der Waals surface area contributed by atoms with Crippen LogP contribution in [0.3, 0.4) is 0 Å². The van der Waals surface area contributed by atoms with Crippen LogP contribution in [0.5, 0.6) is 0 Å². The lowest BCUT2D eigenvalue weighted by atomic mass is 10.2. The van der Waals surface area contributed by atoms with E-state index in [2.05, 4.69) is 44.0 Å². The molecule has 5 heteroatoms. The maximum atomic E-state index is 5.38. The van der Waals surface area contributed by atoms with Gasteiger partial charge in [0.05, 0.1) is 18.9 Å². The van der Waals surface area contributed by atoms with Gasteiger partial charge in [-0.2, -0.15) is 0 Å². The van der Waals surface area contributed by atoms with Crippen LogP contribution in [0.15, 0.2) is 30.5 Å². The summed E-state index contributed by atoms with van der Waals surface area (Å²) in [4.78, 5) is 6.80. The van der Waals surface area contributed by atoms with Crippen LogP contribution in [0.2, 0.25) is 0 Å². The third-order valence-electron chi connectivity index (χ3n) is 3.55. The van der Waals surface area contributed by atoms with E-state index in [-0.39, 0.29) is 0 Å². The Balaban J connectivity index is 1.85. The molecule has 0 unspecified atom stereocenters. The molecule has 2 heterocycles. The van der Waals surface area contributed by atoms with Crippen LogP contribution in [-0.2, 0) is 4.74 Å². The Morgan fingerprint density at radius 2 is 1.75 bits per heavy atom. The SMILES string of the molecule is CNc1nc(C)cn1-c1ccc(N2CCOCC2)cc1. The monoisotopic (exact) mass is 272 g/mol. The number of hydrogen-bond donors (Lipinski definition) is 1. The molecule has 1 N–H and O–H groups in total. The number of aryl methyl sites for hydroxylation is 1. The van der Waals surface area contributed by atoms with Gasteiger partial charge in [0, 0.05) is 37.7 Å². The first-order valence-corrected chi connectivity index (χ1v) is 6.95. The van der Waals surface area contributed by atoms with E-state index in [0.717, 1.165) is 43.6 Å². The molecule has 106 valence electrons. The molecule has 5 nitrogen and oxygen atoms in total. The van der Waals surface area contributed by atoms with Gasteiger partial charge in [-0.1, -0.05) is 0 Å². The van der Waals surface area contributed by atoms with Crippen LogP contribution in [0, 0.1) is 6.92 Å². The summed E-state index contributed by atoms with van der Waals surface area (Å²) < 4.78 is 7.45. The van der Waals surface area contributed by atoms with Gasteiger partial charge in [0.25, 0.3) is 0 Å². The number of morpholine rings is 1. The summed E-state index contributed by atoms with van der Waals surface area (Å²) in [6, 6.07) is 8.59. The Labute approximate surface area is 119 Å². The van der Waals surface area contributed by atoms with Crippen molar-refractivity contribution in [3.63, 3.8) is 0 Å². The molecular formula is C15H20N4O. The number of aromatic nitrogens is 2. The lowest BCUT2D eigenvalue weighted by Crippen LogP contribution is -2.36. The van der Waals surface area contributed by atoms with Crippen molar-refractivity contribution in [2.45, 2.75) is 6.92 Å². The number of nitrogens with one attached hydrogen (secondary N) is 1. The van der Waals surface area contributed by atoms with Crippen molar-refractivity contribution in [2.75, 3.05) is 43.6 Å². The maximum Gasteiger partial charge on any atom is 0.207 e. The van der Waals surface area contributed by atoms with Crippen molar-refractivity contribution in [1.29, 1.82) is 0 Å². The van der Waals surface area contributed by atoms with Gasteiger partial charge in [0.15, 0.2) is 0 Å². The molecule has 1 aliphatic rings. The van der Waals surface area contributed by atoms with Crippen LogP contribution < -0.4 is 10.2 Å². The molecule has 1 aromatic carbocycles. The summed E-state index contributed by atoms with van der Waals surface area (Å²) in [6.07, 6.45) is 2.04. The molecule has 0 saturated carbocycles. The number of benzene rings is 1. The zero-order chi connectivity index (χ0) is 13.9. The number of nitrogens with zero attached hydrogens (tertiary/aromatic N) is 3. The highest BCUT2D eigenvalue weighted by molar-refractivity contribution is 5.53. The molecule has 1 fully saturated rings. The molecule has 0 aliphatic carbocycles. The Morgan fingerprint density at radius 1 is 1.10 bits per heavy atom.